The third kappa shape index (κ3) is 3.43. The standard InChI is InChI=1S/C17H24N2O2/c1-4-14-17(21)19(11-7-8-12(2)3)15-10-6-5-9-13(15)16(20)18-14/h5-6,9-10,12,14H,4,7-8,11H2,1-3H3,(H,18,20). The van der Waals surface area contributed by atoms with E-state index in [1.807, 2.05) is 25.1 Å². The van der Waals surface area contributed by atoms with Crippen LogP contribution >= 0.6 is 0 Å². The molecule has 1 atom stereocenters. The highest BCUT2D eigenvalue weighted by Crippen LogP contribution is 2.25. The summed E-state index contributed by atoms with van der Waals surface area (Å²) in [7, 11) is 0. The molecule has 1 aromatic rings. The molecule has 0 saturated heterocycles. The van der Waals surface area contributed by atoms with Gasteiger partial charge in [-0.2, -0.15) is 0 Å². The zero-order chi connectivity index (χ0) is 15.4. The molecule has 0 bridgehead atoms. The summed E-state index contributed by atoms with van der Waals surface area (Å²) < 4.78 is 0. The van der Waals surface area contributed by atoms with Crippen LogP contribution in [0, 0.1) is 5.92 Å². The summed E-state index contributed by atoms with van der Waals surface area (Å²) >= 11 is 0. The first kappa shape index (κ1) is 15.5. The number of para-hydroxylation sites is 1. The zero-order valence-corrected chi connectivity index (χ0v) is 13.1. The van der Waals surface area contributed by atoms with Crippen LogP contribution in [0.15, 0.2) is 24.3 Å². The highest BCUT2D eigenvalue weighted by atomic mass is 16.2. The molecular formula is C17H24N2O2. The molecule has 2 amide bonds. The van der Waals surface area contributed by atoms with Crippen LogP contribution in [-0.2, 0) is 4.79 Å². The van der Waals surface area contributed by atoms with E-state index in [9.17, 15) is 9.59 Å². The first-order valence-electron chi connectivity index (χ1n) is 7.75. The molecule has 0 aromatic heterocycles. The van der Waals surface area contributed by atoms with Crippen molar-refractivity contribution in [3.63, 3.8) is 0 Å². The van der Waals surface area contributed by atoms with Crippen LogP contribution in [0.1, 0.15) is 50.4 Å². The van der Waals surface area contributed by atoms with Crippen LogP contribution in [0.2, 0.25) is 0 Å². The van der Waals surface area contributed by atoms with Gasteiger partial charge in [-0.25, -0.2) is 0 Å². The predicted octanol–water partition coefficient (Wildman–Crippen LogP) is 2.98. The number of amides is 2. The number of nitrogens with zero attached hydrogens (tertiary/aromatic N) is 1. The van der Waals surface area contributed by atoms with E-state index in [-0.39, 0.29) is 11.8 Å². The normalized spacial score (nSPS) is 18.5. The van der Waals surface area contributed by atoms with Crippen LogP contribution < -0.4 is 10.2 Å². The number of anilines is 1. The van der Waals surface area contributed by atoms with Crippen molar-refractivity contribution in [2.24, 2.45) is 5.92 Å². The molecule has 0 radical (unpaired) electrons. The lowest BCUT2D eigenvalue weighted by Gasteiger charge is -2.25. The summed E-state index contributed by atoms with van der Waals surface area (Å²) in [4.78, 5) is 26.7. The lowest BCUT2D eigenvalue weighted by molar-refractivity contribution is -0.120. The molecule has 1 aliphatic heterocycles. The lowest BCUT2D eigenvalue weighted by atomic mass is 10.1. The first-order valence-corrected chi connectivity index (χ1v) is 7.75. The van der Waals surface area contributed by atoms with E-state index in [4.69, 9.17) is 0 Å². The molecule has 21 heavy (non-hydrogen) atoms. The van der Waals surface area contributed by atoms with Gasteiger partial charge in [-0.3, -0.25) is 9.59 Å². The van der Waals surface area contributed by atoms with Crippen LogP contribution in [-0.4, -0.2) is 24.4 Å². The van der Waals surface area contributed by atoms with Gasteiger partial charge >= 0.3 is 0 Å². The van der Waals surface area contributed by atoms with E-state index < -0.39 is 6.04 Å². The number of fused-ring (bicyclic) bond motifs is 1. The Bertz CT molecular complexity index is 525. The van der Waals surface area contributed by atoms with Crippen molar-refractivity contribution in [2.45, 2.75) is 46.1 Å². The second-order valence-electron chi connectivity index (χ2n) is 5.98. The number of hydrogen-bond donors (Lipinski definition) is 1. The Morgan fingerprint density at radius 3 is 2.62 bits per heavy atom. The molecule has 114 valence electrons. The number of carbonyl (C=O) groups is 2. The van der Waals surface area contributed by atoms with E-state index in [1.54, 1.807) is 11.0 Å². The summed E-state index contributed by atoms with van der Waals surface area (Å²) in [6.07, 6.45) is 2.63. The molecule has 1 aromatic carbocycles. The molecule has 4 heteroatoms. The van der Waals surface area contributed by atoms with Gasteiger partial charge in [0.15, 0.2) is 0 Å². The molecule has 1 unspecified atom stereocenters. The largest absolute Gasteiger partial charge is 0.340 e. The Hall–Kier alpha value is -1.84. The van der Waals surface area contributed by atoms with Crippen molar-refractivity contribution in [3.8, 4) is 0 Å². The van der Waals surface area contributed by atoms with Gasteiger partial charge in [0, 0.05) is 6.54 Å². The minimum absolute atomic E-state index is 0.000411. The van der Waals surface area contributed by atoms with Crippen molar-refractivity contribution in [1.82, 2.24) is 5.32 Å². The van der Waals surface area contributed by atoms with Gasteiger partial charge < -0.3 is 10.2 Å². The van der Waals surface area contributed by atoms with E-state index >= 15 is 0 Å². The fourth-order valence-corrected chi connectivity index (χ4v) is 2.67. The number of benzene rings is 1. The number of nitrogens with one attached hydrogen (secondary N) is 1. The number of hydrogen-bond acceptors (Lipinski definition) is 2. The Morgan fingerprint density at radius 2 is 1.95 bits per heavy atom. The molecule has 0 fully saturated rings. The molecule has 1 aliphatic rings. The van der Waals surface area contributed by atoms with Gasteiger partial charge in [0.05, 0.1) is 11.3 Å². The SMILES string of the molecule is CCC1NC(=O)c2ccccc2N(CCCC(C)C)C1=O. The van der Waals surface area contributed by atoms with E-state index in [0.717, 1.165) is 18.5 Å². The highest BCUT2D eigenvalue weighted by Gasteiger charge is 2.32. The molecule has 0 spiro atoms. The maximum Gasteiger partial charge on any atom is 0.254 e. The topological polar surface area (TPSA) is 49.4 Å². The molecule has 0 saturated carbocycles. The Labute approximate surface area is 126 Å². The van der Waals surface area contributed by atoms with Gasteiger partial charge in [-0.05, 0) is 37.3 Å². The van der Waals surface area contributed by atoms with Gasteiger partial charge in [0.1, 0.15) is 6.04 Å². The Kier molecular flexibility index (Phi) is 4.99. The highest BCUT2D eigenvalue weighted by molar-refractivity contribution is 6.10. The molecule has 0 aliphatic carbocycles. The fraction of sp³-hybridized carbons (Fsp3) is 0.529. The van der Waals surface area contributed by atoms with Crippen molar-refractivity contribution in [2.75, 3.05) is 11.4 Å². The van der Waals surface area contributed by atoms with Gasteiger partial charge in [0.2, 0.25) is 5.91 Å². The number of rotatable bonds is 5. The van der Waals surface area contributed by atoms with Crippen molar-refractivity contribution in [3.05, 3.63) is 29.8 Å². The molecule has 1 N–H and O–H groups in total. The van der Waals surface area contributed by atoms with Crippen LogP contribution in [0.5, 0.6) is 0 Å². The summed E-state index contributed by atoms with van der Waals surface area (Å²) in [5, 5.41) is 2.83. The summed E-state index contributed by atoms with van der Waals surface area (Å²) in [5.74, 6) is 0.459. The van der Waals surface area contributed by atoms with Gasteiger partial charge in [-0.1, -0.05) is 32.9 Å². The molecule has 2 rings (SSSR count). The monoisotopic (exact) mass is 288 g/mol. The van der Waals surface area contributed by atoms with Gasteiger partial charge in [-0.15, -0.1) is 0 Å². The molecule has 4 nitrogen and oxygen atoms in total. The summed E-state index contributed by atoms with van der Waals surface area (Å²) in [6.45, 7) is 6.95. The molecular weight excluding hydrogens is 264 g/mol. The fourth-order valence-electron chi connectivity index (χ4n) is 2.67. The third-order valence-corrected chi connectivity index (χ3v) is 3.88. The van der Waals surface area contributed by atoms with E-state index in [0.29, 0.717) is 24.4 Å². The zero-order valence-electron chi connectivity index (χ0n) is 13.1. The lowest BCUT2D eigenvalue weighted by Crippen LogP contribution is -2.45. The van der Waals surface area contributed by atoms with Crippen molar-refractivity contribution in [1.29, 1.82) is 0 Å². The second-order valence-corrected chi connectivity index (χ2v) is 5.98. The van der Waals surface area contributed by atoms with E-state index in [2.05, 4.69) is 19.2 Å². The quantitative estimate of drug-likeness (QED) is 0.905. The maximum atomic E-state index is 12.7. The van der Waals surface area contributed by atoms with Crippen molar-refractivity contribution >= 4 is 17.5 Å². The van der Waals surface area contributed by atoms with Crippen LogP contribution in [0.4, 0.5) is 5.69 Å². The number of carbonyl (C=O) groups excluding carboxylic acids is 2. The predicted molar refractivity (Wildman–Crippen MR) is 84.4 cm³/mol. The second kappa shape index (κ2) is 6.74. The third-order valence-electron chi connectivity index (χ3n) is 3.88. The average Bonchev–Trinajstić information content (AvgIpc) is 2.57. The summed E-state index contributed by atoms with van der Waals surface area (Å²) in [6, 6.07) is 6.93. The minimum atomic E-state index is -0.427. The van der Waals surface area contributed by atoms with Crippen LogP contribution in [0.25, 0.3) is 0 Å². The summed E-state index contributed by atoms with van der Waals surface area (Å²) in [5.41, 5.74) is 1.33. The van der Waals surface area contributed by atoms with E-state index in [1.165, 1.54) is 0 Å². The smallest absolute Gasteiger partial charge is 0.254 e. The van der Waals surface area contributed by atoms with Crippen molar-refractivity contribution < 1.29 is 9.59 Å². The minimum Gasteiger partial charge on any atom is -0.340 e. The van der Waals surface area contributed by atoms with Crippen LogP contribution in [0.3, 0.4) is 0 Å². The molecule has 1 heterocycles. The Morgan fingerprint density at radius 1 is 1.24 bits per heavy atom. The van der Waals surface area contributed by atoms with Gasteiger partial charge in [0.25, 0.3) is 5.91 Å². The average molecular weight is 288 g/mol. The maximum absolute atomic E-state index is 12.7. The Balaban J connectivity index is 2.30. The first-order chi connectivity index (χ1) is 10.0.